The van der Waals surface area contributed by atoms with Crippen LogP contribution in [0.5, 0.6) is 0 Å². The van der Waals surface area contributed by atoms with Gasteiger partial charge in [-0.2, -0.15) is 5.26 Å². The summed E-state index contributed by atoms with van der Waals surface area (Å²) in [7, 11) is 0. The van der Waals surface area contributed by atoms with Gasteiger partial charge in [-0.05, 0) is 30.7 Å². The van der Waals surface area contributed by atoms with Gasteiger partial charge in [0.25, 0.3) is 0 Å². The fourth-order valence-corrected chi connectivity index (χ4v) is 4.39. The number of rotatable bonds is 0. The lowest BCUT2D eigenvalue weighted by Gasteiger charge is -2.31. The minimum atomic E-state index is 0.857. The summed E-state index contributed by atoms with van der Waals surface area (Å²) in [5.74, 6) is 1.12. The number of anilines is 1. The number of allylic oxidation sites excluding steroid dienone is 1. The number of hydrogen-bond donors (Lipinski definition) is 0. The zero-order valence-corrected chi connectivity index (χ0v) is 11.0. The normalized spacial score (nSPS) is 19.1. The second-order valence-electron chi connectivity index (χ2n) is 4.02. The third kappa shape index (κ3) is 1.94. The molecule has 2 nitrogen and oxygen atoms in total. The van der Waals surface area contributed by atoms with Crippen molar-refractivity contribution >= 4 is 29.2 Å². The van der Waals surface area contributed by atoms with E-state index in [-0.39, 0.29) is 0 Å². The Morgan fingerprint density at radius 1 is 1.24 bits per heavy atom. The van der Waals surface area contributed by atoms with E-state index < -0.39 is 0 Å². The molecule has 0 saturated carbocycles. The van der Waals surface area contributed by atoms with Crippen LogP contribution in [0, 0.1) is 11.3 Å². The largest absolute Gasteiger partial charge is 0.334 e. The van der Waals surface area contributed by atoms with E-state index in [0.717, 1.165) is 22.2 Å². The van der Waals surface area contributed by atoms with Crippen LogP contribution < -0.4 is 4.90 Å². The van der Waals surface area contributed by atoms with Gasteiger partial charge in [-0.25, -0.2) is 0 Å². The molecule has 0 spiro atoms. The summed E-state index contributed by atoms with van der Waals surface area (Å²) in [5, 5.41) is 10.4. The Bertz CT molecular complexity index is 516. The van der Waals surface area contributed by atoms with Crippen LogP contribution in [-0.2, 0) is 0 Å². The Morgan fingerprint density at radius 3 is 3.00 bits per heavy atom. The van der Waals surface area contributed by atoms with Gasteiger partial charge in [0.15, 0.2) is 0 Å². The molecule has 1 saturated heterocycles. The maximum absolute atomic E-state index is 9.28. The summed E-state index contributed by atoms with van der Waals surface area (Å²) >= 11 is 3.43. The first-order valence-corrected chi connectivity index (χ1v) is 7.52. The SMILES string of the molecule is N#CC1=C2SCCCCN2c2ccccc2S1. The van der Waals surface area contributed by atoms with Gasteiger partial charge in [0.1, 0.15) is 16.0 Å². The van der Waals surface area contributed by atoms with Crippen molar-refractivity contribution in [2.45, 2.75) is 17.7 Å². The van der Waals surface area contributed by atoms with E-state index in [9.17, 15) is 5.26 Å². The lowest BCUT2D eigenvalue weighted by Crippen LogP contribution is -2.24. The highest BCUT2D eigenvalue weighted by atomic mass is 32.2. The monoisotopic (exact) mass is 260 g/mol. The quantitative estimate of drug-likeness (QED) is 0.708. The number of hydrogen-bond acceptors (Lipinski definition) is 4. The summed E-state index contributed by atoms with van der Waals surface area (Å²) in [6.45, 7) is 1.03. The number of benzene rings is 1. The summed E-state index contributed by atoms with van der Waals surface area (Å²) in [5.41, 5.74) is 1.26. The van der Waals surface area contributed by atoms with Crippen molar-refractivity contribution in [3.63, 3.8) is 0 Å². The number of fused-ring (bicyclic) bond motifs is 3. The Morgan fingerprint density at radius 2 is 2.12 bits per heavy atom. The van der Waals surface area contributed by atoms with Gasteiger partial charge in [-0.15, -0.1) is 11.8 Å². The first kappa shape index (κ1) is 11.1. The molecule has 0 radical (unpaired) electrons. The van der Waals surface area contributed by atoms with Crippen LogP contribution in [0.3, 0.4) is 0 Å². The van der Waals surface area contributed by atoms with Crippen molar-refractivity contribution in [3.05, 3.63) is 34.2 Å². The number of para-hydroxylation sites is 1. The highest BCUT2D eigenvalue weighted by molar-refractivity contribution is 8.07. The average Bonchev–Trinajstić information content (AvgIpc) is 2.63. The van der Waals surface area contributed by atoms with Crippen molar-refractivity contribution in [2.75, 3.05) is 17.2 Å². The number of nitriles is 1. The van der Waals surface area contributed by atoms with Crippen molar-refractivity contribution in [2.24, 2.45) is 0 Å². The molecule has 1 aromatic rings. The summed E-state index contributed by atoms with van der Waals surface area (Å²) in [6.07, 6.45) is 2.43. The van der Waals surface area contributed by atoms with Gasteiger partial charge < -0.3 is 4.90 Å². The molecule has 0 bridgehead atoms. The Labute approximate surface area is 110 Å². The van der Waals surface area contributed by atoms with E-state index in [1.54, 1.807) is 11.8 Å². The summed E-state index contributed by atoms with van der Waals surface area (Å²) in [4.78, 5) is 4.38. The molecule has 4 heteroatoms. The van der Waals surface area contributed by atoms with Crippen molar-refractivity contribution in [3.8, 4) is 6.07 Å². The zero-order valence-electron chi connectivity index (χ0n) is 9.35. The van der Waals surface area contributed by atoms with E-state index >= 15 is 0 Å². The molecule has 86 valence electrons. The van der Waals surface area contributed by atoms with E-state index in [1.807, 2.05) is 17.8 Å². The second-order valence-corrected chi connectivity index (χ2v) is 6.16. The molecule has 2 heterocycles. The lowest BCUT2D eigenvalue weighted by atomic mass is 10.2. The fraction of sp³-hybridized carbons (Fsp3) is 0.308. The third-order valence-electron chi connectivity index (χ3n) is 2.92. The molecule has 0 unspecified atom stereocenters. The molecule has 1 fully saturated rings. The molecule has 0 N–H and O–H groups in total. The summed E-state index contributed by atoms with van der Waals surface area (Å²) in [6, 6.07) is 10.7. The predicted molar refractivity (Wildman–Crippen MR) is 74.0 cm³/mol. The van der Waals surface area contributed by atoms with Crippen LogP contribution in [0.4, 0.5) is 5.69 Å². The molecule has 0 atom stereocenters. The molecular formula is C13H12N2S2. The van der Waals surface area contributed by atoms with Crippen LogP contribution in [-0.4, -0.2) is 12.3 Å². The van der Waals surface area contributed by atoms with Gasteiger partial charge in [0.05, 0.1) is 5.69 Å². The van der Waals surface area contributed by atoms with Gasteiger partial charge >= 0.3 is 0 Å². The van der Waals surface area contributed by atoms with Gasteiger partial charge in [-0.1, -0.05) is 23.9 Å². The maximum atomic E-state index is 9.28. The Balaban J connectivity index is 2.11. The second kappa shape index (κ2) is 4.67. The van der Waals surface area contributed by atoms with E-state index in [0.29, 0.717) is 0 Å². The Hall–Kier alpha value is -1.05. The molecule has 3 rings (SSSR count). The van der Waals surface area contributed by atoms with E-state index in [2.05, 4.69) is 29.2 Å². The first-order valence-electron chi connectivity index (χ1n) is 5.72. The van der Waals surface area contributed by atoms with Crippen LogP contribution in [0.2, 0.25) is 0 Å². The van der Waals surface area contributed by atoms with Gasteiger partial charge in [0, 0.05) is 11.4 Å². The van der Waals surface area contributed by atoms with Crippen molar-refractivity contribution < 1.29 is 0 Å². The standard InChI is InChI=1S/C13H12N2S2/c14-9-12-13-15(7-3-4-8-16-13)10-5-1-2-6-11(10)17-12/h1-2,5-6H,3-4,7-8H2. The van der Waals surface area contributed by atoms with E-state index in [4.69, 9.17) is 0 Å². The minimum absolute atomic E-state index is 0.857. The lowest BCUT2D eigenvalue weighted by molar-refractivity contribution is 0.792. The smallest absolute Gasteiger partial charge is 0.120 e. The van der Waals surface area contributed by atoms with Gasteiger partial charge in [0.2, 0.25) is 0 Å². The van der Waals surface area contributed by atoms with Crippen molar-refractivity contribution in [1.29, 1.82) is 5.26 Å². The highest BCUT2D eigenvalue weighted by Crippen LogP contribution is 2.47. The molecule has 2 aliphatic heterocycles. The maximum Gasteiger partial charge on any atom is 0.120 e. The molecule has 0 aromatic heterocycles. The van der Waals surface area contributed by atoms with E-state index in [1.165, 1.54) is 23.4 Å². The predicted octanol–water partition coefficient (Wildman–Crippen LogP) is 3.82. The van der Waals surface area contributed by atoms with Crippen LogP contribution in [0.25, 0.3) is 0 Å². The van der Waals surface area contributed by atoms with Gasteiger partial charge in [-0.3, -0.25) is 0 Å². The first-order chi connectivity index (χ1) is 8.40. The van der Waals surface area contributed by atoms with Crippen LogP contribution in [0.1, 0.15) is 12.8 Å². The average molecular weight is 260 g/mol. The third-order valence-corrected chi connectivity index (χ3v) is 5.30. The summed E-state index contributed by atoms with van der Waals surface area (Å²) < 4.78 is 0. The minimum Gasteiger partial charge on any atom is -0.334 e. The molecule has 0 amide bonds. The van der Waals surface area contributed by atoms with Crippen LogP contribution in [0.15, 0.2) is 39.1 Å². The highest BCUT2D eigenvalue weighted by Gasteiger charge is 2.27. The number of thioether (sulfide) groups is 2. The Kier molecular flexibility index (Phi) is 3.04. The molecule has 0 aliphatic carbocycles. The van der Waals surface area contributed by atoms with Crippen LogP contribution >= 0.6 is 23.5 Å². The number of nitrogens with zero attached hydrogens (tertiary/aromatic N) is 2. The molecular weight excluding hydrogens is 248 g/mol. The van der Waals surface area contributed by atoms with Crippen molar-refractivity contribution in [1.82, 2.24) is 0 Å². The molecule has 2 aliphatic rings. The fourth-order valence-electron chi connectivity index (χ4n) is 2.13. The topological polar surface area (TPSA) is 27.0 Å². The molecule has 1 aromatic carbocycles. The molecule has 17 heavy (non-hydrogen) atoms. The zero-order chi connectivity index (χ0) is 11.7.